The minimum Gasteiger partial charge on any atom is -0.464 e. The molecule has 186 valence electrons. The topological polar surface area (TPSA) is 115 Å². The van der Waals surface area contributed by atoms with Crippen LogP contribution in [0.4, 0.5) is 11.4 Å². The van der Waals surface area contributed by atoms with Gasteiger partial charge in [0.15, 0.2) is 5.69 Å². The number of carbonyl (C=O) groups is 2. The molecule has 0 aliphatic carbocycles. The Labute approximate surface area is 204 Å². The molecule has 1 aliphatic heterocycles. The van der Waals surface area contributed by atoms with Gasteiger partial charge in [0.2, 0.25) is 0 Å². The van der Waals surface area contributed by atoms with Crippen LogP contribution in [-0.2, 0) is 27.2 Å². The van der Waals surface area contributed by atoms with Crippen LogP contribution in [0.1, 0.15) is 42.2 Å². The van der Waals surface area contributed by atoms with Gasteiger partial charge >= 0.3 is 5.97 Å². The number of fused-ring (bicyclic) bond motifs is 1. The highest BCUT2D eigenvalue weighted by Gasteiger charge is 2.30. The summed E-state index contributed by atoms with van der Waals surface area (Å²) in [6.07, 6.45) is 4.15. The lowest BCUT2D eigenvalue weighted by molar-refractivity contribution is -0.124. The average molecular weight is 481 g/mol. The van der Waals surface area contributed by atoms with Gasteiger partial charge in [0.25, 0.3) is 5.91 Å². The van der Waals surface area contributed by atoms with Gasteiger partial charge in [0.1, 0.15) is 11.8 Å². The predicted molar refractivity (Wildman–Crippen MR) is 134 cm³/mol. The molecule has 3 aromatic rings. The van der Waals surface area contributed by atoms with Gasteiger partial charge in [0, 0.05) is 24.6 Å². The monoisotopic (exact) mass is 480 g/mol. The van der Waals surface area contributed by atoms with Gasteiger partial charge in [-0.25, -0.2) is 9.78 Å². The highest BCUT2D eigenvalue weighted by Crippen LogP contribution is 2.33. The first-order valence-electron chi connectivity index (χ1n) is 12.0. The maximum Gasteiger partial charge on any atom is 0.356 e. The molecule has 9 nitrogen and oxygen atoms in total. The number of methoxy groups -OCH3 is 1. The molecule has 1 aliphatic rings. The number of aliphatic hydroxyl groups excluding tert-OH is 1. The fourth-order valence-electron chi connectivity index (χ4n) is 4.36. The van der Waals surface area contributed by atoms with E-state index in [9.17, 15) is 14.7 Å². The van der Waals surface area contributed by atoms with Gasteiger partial charge in [0.05, 0.1) is 31.3 Å². The summed E-state index contributed by atoms with van der Waals surface area (Å²) in [4.78, 5) is 30.6. The Hall–Kier alpha value is -3.43. The second-order valence-corrected chi connectivity index (χ2v) is 8.77. The van der Waals surface area contributed by atoms with Crippen LogP contribution in [0.25, 0.3) is 11.0 Å². The number of aromatic nitrogens is 2. The maximum atomic E-state index is 13.0. The molecule has 3 heterocycles. The number of esters is 1. The summed E-state index contributed by atoms with van der Waals surface area (Å²) in [5.41, 5.74) is 3.06. The van der Waals surface area contributed by atoms with Crippen LogP contribution in [0.15, 0.2) is 42.6 Å². The Bertz CT molecular complexity index is 1170. The largest absolute Gasteiger partial charge is 0.464 e. The van der Waals surface area contributed by atoms with E-state index in [1.165, 1.54) is 12.7 Å². The number of benzene rings is 1. The molecule has 35 heavy (non-hydrogen) atoms. The fraction of sp³-hybridized carbons (Fsp3) is 0.423. The van der Waals surface area contributed by atoms with Crippen molar-refractivity contribution in [2.45, 2.75) is 51.3 Å². The van der Waals surface area contributed by atoms with Crippen molar-refractivity contribution in [1.82, 2.24) is 9.55 Å². The van der Waals surface area contributed by atoms with E-state index in [1.54, 1.807) is 6.20 Å². The van der Waals surface area contributed by atoms with E-state index in [-0.39, 0.29) is 24.2 Å². The molecule has 2 atom stereocenters. The molecule has 1 saturated heterocycles. The number of carbonyl (C=O) groups excluding carboxylic acids is 2. The van der Waals surface area contributed by atoms with Crippen molar-refractivity contribution < 1.29 is 24.2 Å². The summed E-state index contributed by atoms with van der Waals surface area (Å²) in [7, 11) is 1.32. The zero-order valence-electron chi connectivity index (χ0n) is 20.1. The Kier molecular flexibility index (Phi) is 7.99. The van der Waals surface area contributed by atoms with Gasteiger partial charge in [-0.15, -0.1) is 0 Å². The number of aliphatic hydroxyl groups is 1. The van der Waals surface area contributed by atoms with E-state index in [2.05, 4.69) is 27.8 Å². The Morgan fingerprint density at radius 2 is 2.11 bits per heavy atom. The summed E-state index contributed by atoms with van der Waals surface area (Å²) in [5, 5.41) is 16.2. The van der Waals surface area contributed by atoms with Crippen LogP contribution in [0.2, 0.25) is 0 Å². The molecular formula is C26H32N4O5. The van der Waals surface area contributed by atoms with E-state index in [4.69, 9.17) is 9.47 Å². The number of pyridine rings is 1. The number of ether oxygens (including phenoxy) is 2. The molecule has 2 aromatic heterocycles. The standard InChI is InChI=1S/C26H32N4O5/c1-17(16-31)28-19-14-20-22(29-25(32)21-11-7-13-35-21)23(26(33)34-2)30(24(20)27-15-19)12-6-10-18-8-4-3-5-9-18/h3-5,8-9,14-15,17,21,28,31H,6-7,10-13,16H2,1-2H3,(H,29,32)/t17-,21+/m1/s1. The zero-order valence-corrected chi connectivity index (χ0v) is 20.1. The number of nitrogens with one attached hydrogen (secondary N) is 2. The minimum atomic E-state index is -0.555. The number of rotatable bonds is 10. The molecule has 1 amide bonds. The van der Waals surface area contributed by atoms with Crippen molar-refractivity contribution >= 4 is 34.3 Å². The first-order valence-corrected chi connectivity index (χ1v) is 12.0. The smallest absolute Gasteiger partial charge is 0.356 e. The Balaban J connectivity index is 1.74. The van der Waals surface area contributed by atoms with Crippen molar-refractivity contribution in [2.75, 3.05) is 31.0 Å². The molecule has 0 unspecified atom stereocenters. The summed E-state index contributed by atoms with van der Waals surface area (Å²) in [6, 6.07) is 11.8. The van der Waals surface area contributed by atoms with Crippen molar-refractivity contribution in [3.8, 4) is 0 Å². The molecule has 0 spiro atoms. The number of nitrogens with zero attached hydrogens (tertiary/aromatic N) is 2. The first-order chi connectivity index (χ1) is 17.0. The van der Waals surface area contributed by atoms with Crippen molar-refractivity contribution in [2.24, 2.45) is 0 Å². The fourth-order valence-corrected chi connectivity index (χ4v) is 4.36. The second kappa shape index (κ2) is 11.3. The van der Waals surface area contributed by atoms with Crippen LogP contribution in [0, 0.1) is 0 Å². The lowest BCUT2D eigenvalue weighted by Crippen LogP contribution is -2.28. The number of amides is 1. The van der Waals surface area contributed by atoms with Crippen molar-refractivity contribution in [3.05, 3.63) is 53.9 Å². The molecule has 9 heteroatoms. The van der Waals surface area contributed by atoms with Crippen LogP contribution in [0.5, 0.6) is 0 Å². The van der Waals surface area contributed by atoms with E-state index in [1.807, 2.05) is 35.8 Å². The molecule has 0 radical (unpaired) electrons. The molecular weight excluding hydrogens is 448 g/mol. The van der Waals surface area contributed by atoms with Crippen LogP contribution in [0.3, 0.4) is 0 Å². The number of hydrogen-bond acceptors (Lipinski definition) is 7. The molecule has 0 bridgehead atoms. The van der Waals surface area contributed by atoms with Gasteiger partial charge in [-0.05, 0) is 44.2 Å². The van der Waals surface area contributed by atoms with E-state index in [0.29, 0.717) is 42.0 Å². The Morgan fingerprint density at radius 3 is 2.80 bits per heavy atom. The Morgan fingerprint density at radius 1 is 1.31 bits per heavy atom. The third-order valence-corrected chi connectivity index (χ3v) is 6.12. The van der Waals surface area contributed by atoms with Gasteiger partial charge in [-0.3, -0.25) is 4.79 Å². The van der Waals surface area contributed by atoms with E-state index in [0.717, 1.165) is 19.3 Å². The van der Waals surface area contributed by atoms with Crippen LogP contribution in [-0.4, -0.2) is 59.0 Å². The van der Waals surface area contributed by atoms with Gasteiger partial charge < -0.3 is 29.8 Å². The minimum absolute atomic E-state index is 0.0471. The molecule has 3 N–H and O–H groups in total. The summed E-state index contributed by atoms with van der Waals surface area (Å²) < 4.78 is 12.5. The van der Waals surface area contributed by atoms with Gasteiger partial charge in [-0.1, -0.05) is 30.3 Å². The lowest BCUT2D eigenvalue weighted by atomic mass is 10.1. The van der Waals surface area contributed by atoms with Crippen molar-refractivity contribution in [3.63, 3.8) is 0 Å². The summed E-state index contributed by atoms with van der Waals surface area (Å²) >= 11 is 0. The van der Waals surface area contributed by atoms with Gasteiger partial charge in [-0.2, -0.15) is 0 Å². The van der Waals surface area contributed by atoms with Crippen LogP contribution >= 0.6 is 0 Å². The highest BCUT2D eigenvalue weighted by atomic mass is 16.5. The predicted octanol–water partition coefficient (Wildman–Crippen LogP) is 3.37. The first kappa shape index (κ1) is 24.7. The molecule has 0 saturated carbocycles. The highest BCUT2D eigenvalue weighted by molar-refractivity contribution is 6.12. The van der Waals surface area contributed by atoms with Crippen molar-refractivity contribution in [1.29, 1.82) is 0 Å². The number of aryl methyl sites for hydroxylation is 2. The van der Waals surface area contributed by atoms with E-state index < -0.39 is 12.1 Å². The number of anilines is 2. The quantitative estimate of drug-likeness (QED) is 0.381. The average Bonchev–Trinajstić information content (AvgIpc) is 3.52. The van der Waals surface area contributed by atoms with Crippen LogP contribution < -0.4 is 10.6 Å². The second-order valence-electron chi connectivity index (χ2n) is 8.77. The normalized spacial score (nSPS) is 16.3. The number of hydrogen-bond donors (Lipinski definition) is 3. The summed E-state index contributed by atoms with van der Waals surface area (Å²) in [5.74, 6) is -0.846. The SMILES string of the molecule is COC(=O)c1c(NC(=O)[C@@H]2CCCO2)c2cc(N[C@H](C)CO)cnc2n1CCCc1ccccc1. The summed E-state index contributed by atoms with van der Waals surface area (Å²) in [6.45, 7) is 2.85. The maximum absolute atomic E-state index is 13.0. The molecule has 1 aromatic carbocycles. The third kappa shape index (κ3) is 5.63. The lowest BCUT2D eigenvalue weighted by Gasteiger charge is -2.13. The third-order valence-electron chi connectivity index (χ3n) is 6.12. The van der Waals surface area contributed by atoms with E-state index >= 15 is 0 Å². The molecule has 4 rings (SSSR count). The zero-order chi connectivity index (χ0) is 24.8. The molecule has 1 fully saturated rings.